The average Bonchev–Trinajstić information content (AvgIpc) is 3.99. The van der Waals surface area contributed by atoms with Gasteiger partial charge in [-0.3, -0.25) is 0 Å². The molecule has 4 aliphatic carbocycles. The van der Waals surface area contributed by atoms with E-state index in [0.717, 1.165) is 0 Å². The number of rotatable bonds is 21. The second-order valence-electron chi connectivity index (χ2n) is 22.4. The molecular formula is C60H99GeO2. The molecule has 0 unspecified atom stereocenters. The summed E-state index contributed by atoms with van der Waals surface area (Å²) in [6, 6.07) is 5.87. The molecule has 3 heteroatoms. The Hall–Kier alpha value is -1.36. The molecule has 355 valence electrons. The Bertz CT molecular complexity index is 1680. The van der Waals surface area contributed by atoms with Crippen molar-refractivity contribution in [3.63, 3.8) is 0 Å². The van der Waals surface area contributed by atoms with Crippen LogP contribution < -0.4 is 8.79 Å². The molecule has 63 heavy (non-hydrogen) atoms. The summed E-state index contributed by atoms with van der Waals surface area (Å²) >= 11 is -2.98. The minimum absolute atomic E-state index is 0. The van der Waals surface area contributed by atoms with Crippen LogP contribution in [0.2, 0.25) is 0 Å². The largest absolute Gasteiger partial charge is 0.412 e. The van der Waals surface area contributed by atoms with E-state index in [4.69, 9.17) is 3.76 Å². The zero-order valence-electron chi connectivity index (χ0n) is 44.6. The van der Waals surface area contributed by atoms with Crippen molar-refractivity contribution in [3.8, 4) is 0 Å². The predicted molar refractivity (Wildman–Crippen MR) is 279 cm³/mol. The van der Waals surface area contributed by atoms with E-state index in [-0.39, 0.29) is 48.8 Å². The summed E-state index contributed by atoms with van der Waals surface area (Å²) in [5.74, 6) is 0. The molecule has 6 rings (SSSR count). The summed E-state index contributed by atoms with van der Waals surface area (Å²) < 4.78 is 12.0. The molecular weight excluding hydrogens is 825 g/mol. The monoisotopic (exact) mass is 926 g/mol. The molecule has 0 saturated carbocycles. The van der Waals surface area contributed by atoms with Gasteiger partial charge in [0.2, 0.25) is 0 Å². The third kappa shape index (κ3) is 7.08. The van der Waals surface area contributed by atoms with Gasteiger partial charge in [-0.15, -0.1) is 0 Å². The van der Waals surface area contributed by atoms with E-state index in [9.17, 15) is 0 Å². The number of benzene rings is 2. The number of hydrogen-bond donors (Lipinski definition) is 0. The van der Waals surface area contributed by atoms with Crippen LogP contribution in [0.25, 0.3) is 0 Å². The van der Waals surface area contributed by atoms with Gasteiger partial charge in [0, 0.05) is 0 Å². The number of fused-ring (bicyclic) bond motifs is 4. The van der Waals surface area contributed by atoms with Crippen molar-refractivity contribution in [3.05, 3.63) is 68.8 Å². The van der Waals surface area contributed by atoms with Gasteiger partial charge < -0.3 is 5.48 Å². The van der Waals surface area contributed by atoms with Crippen LogP contribution in [-0.2, 0) is 47.1 Å². The Morgan fingerprint density at radius 2 is 0.587 bits per heavy atom. The van der Waals surface area contributed by atoms with Crippen molar-refractivity contribution >= 4 is 23.5 Å². The summed E-state index contributed by atoms with van der Waals surface area (Å²) in [6.07, 6.45) is 24.7. The Morgan fingerprint density at radius 1 is 0.397 bits per heavy atom. The average molecular weight is 925 g/mol. The molecule has 0 aromatic heterocycles. The molecule has 1 radical (unpaired) electrons. The maximum Gasteiger partial charge on any atom is -0.412 e. The van der Waals surface area contributed by atoms with Crippen molar-refractivity contribution in [1.82, 2.24) is 0 Å². The van der Waals surface area contributed by atoms with Gasteiger partial charge in [0.05, 0.1) is 0 Å². The zero-order valence-corrected chi connectivity index (χ0v) is 46.7. The molecule has 0 bridgehead atoms. The Labute approximate surface area is 395 Å². The van der Waals surface area contributed by atoms with Crippen molar-refractivity contribution < 1.29 is 9.24 Å². The topological polar surface area (TPSA) is 40.7 Å². The molecule has 2 N–H and O–H groups in total. The SMILES string of the molecule is C=C(C)C[O][Ge]([c]1c2c(cc3c1C(CC)(CC)CC3(CC)CC)C(CC)(CC)CC2(CC)CC)[c]1c2c(cc3c1C(CC)(CC)CC3(CC)CC)C(CC)(CC)CC2(CC)CC.O. The van der Waals surface area contributed by atoms with Gasteiger partial charge in [0.1, 0.15) is 0 Å². The summed E-state index contributed by atoms with van der Waals surface area (Å²) in [5.41, 5.74) is 17.0. The van der Waals surface area contributed by atoms with E-state index in [0.29, 0.717) is 6.61 Å². The van der Waals surface area contributed by atoms with E-state index in [1.807, 2.05) is 31.0 Å². The van der Waals surface area contributed by atoms with Gasteiger partial charge in [-0.2, -0.15) is 0 Å². The van der Waals surface area contributed by atoms with Gasteiger partial charge in [0.15, 0.2) is 0 Å². The molecule has 0 heterocycles. The van der Waals surface area contributed by atoms with Crippen LogP contribution in [0.4, 0.5) is 0 Å². The zero-order chi connectivity index (χ0) is 45.9. The van der Waals surface area contributed by atoms with E-state index < -0.39 is 14.7 Å². The smallest absolute Gasteiger partial charge is 0.412 e. The van der Waals surface area contributed by atoms with Crippen LogP contribution >= 0.6 is 0 Å². The fraction of sp³-hybridized carbons (Fsp3) is 0.767. The molecule has 2 aromatic carbocycles. The van der Waals surface area contributed by atoms with Crippen LogP contribution in [0.3, 0.4) is 0 Å². The molecule has 2 aromatic rings. The van der Waals surface area contributed by atoms with E-state index in [2.05, 4.69) is 136 Å². The quantitative estimate of drug-likeness (QED) is 0.0908. The fourth-order valence-corrected chi connectivity index (χ4v) is 23.6. The molecule has 0 spiro atoms. The predicted octanol–water partition coefficient (Wildman–Crippen LogP) is 15.6. The molecule has 0 amide bonds. The van der Waals surface area contributed by atoms with Crippen molar-refractivity contribution in [2.45, 2.75) is 289 Å². The molecule has 0 aliphatic heterocycles. The summed E-state index contributed by atoms with van der Waals surface area (Å²) in [5, 5.41) is 0. The van der Waals surface area contributed by atoms with Crippen LogP contribution in [-0.4, -0.2) is 26.8 Å². The van der Waals surface area contributed by atoms with Crippen molar-refractivity contribution in [2.75, 3.05) is 6.61 Å². The Morgan fingerprint density at radius 3 is 0.746 bits per heavy atom. The normalized spacial score (nSPS) is 21.8. The van der Waals surface area contributed by atoms with Crippen molar-refractivity contribution in [2.24, 2.45) is 0 Å². The molecule has 0 saturated heterocycles. The van der Waals surface area contributed by atoms with Gasteiger partial charge in [-0.1, -0.05) is 0 Å². The fourth-order valence-electron chi connectivity index (χ4n) is 16.4. The third-order valence-electron chi connectivity index (χ3n) is 21.5. The maximum atomic E-state index is 8.32. The minimum atomic E-state index is -2.98. The van der Waals surface area contributed by atoms with Crippen LogP contribution in [0.5, 0.6) is 0 Å². The summed E-state index contributed by atoms with van der Waals surface area (Å²) in [7, 11) is 0. The van der Waals surface area contributed by atoms with Crippen LogP contribution in [0.1, 0.15) is 291 Å². The van der Waals surface area contributed by atoms with Gasteiger partial charge in [-0.05, 0) is 0 Å². The van der Waals surface area contributed by atoms with E-state index in [1.165, 1.54) is 134 Å². The maximum absolute atomic E-state index is 8.32. The molecule has 0 fully saturated rings. The van der Waals surface area contributed by atoms with Crippen LogP contribution in [0, 0.1) is 0 Å². The first-order valence-corrected chi connectivity index (χ1v) is 30.1. The molecule has 2 nitrogen and oxygen atoms in total. The first kappa shape index (κ1) is 52.6. The molecule has 0 atom stereocenters. The molecule has 4 aliphatic rings. The standard InChI is InChI=1S/C60H97GeO.H2O/c1-19-53(20-2)38-57(27-9,28-10)47-43(53)35-44-48(58(29-11,30-12)39-54(44,21-3)22-4)51(47)61(62-37-42(17)18)52-49-45(55(23-5,24-6)40-59(49,31-13)32-14)36-46-50(52)60(33-15,34-16)41-56(46,25-7)26-8;/h35-36H,17,19-34,37-41H2,1-16,18H3;1H2. The first-order chi connectivity index (χ1) is 29.5. The number of hydrogen-bond acceptors (Lipinski definition) is 1. The van der Waals surface area contributed by atoms with E-state index in [1.54, 1.807) is 22.3 Å². The van der Waals surface area contributed by atoms with Crippen LogP contribution in [0.15, 0.2) is 24.3 Å². The Kier molecular flexibility index (Phi) is 15.8. The Balaban J connectivity index is 0.00000748. The first-order valence-electron chi connectivity index (χ1n) is 27.2. The van der Waals surface area contributed by atoms with Gasteiger partial charge >= 0.3 is 392 Å². The van der Waals surface area contributed by atoms with Gasteiger partial charge in [0.25, 0.3) is 0 Å². The summed E-state index contributed by atoms with van der Waals surface area (Å²) in [4.78, 5) is 0. The second kappa shape index (κ2) is 19.0. The minimum Gasteiger partial charge on any atom is -0.412 e. The summed E-state index contributed by atoms with van der Waals surface area (Å²) in [6.45, 7) is 48.5. The third-order valence-corrected chi connectivity index (χ3v) is 26.4. The van der Waals surface area contributed by atoms with Crippen molar-refractivity contribution in [1.29, 1.82) is 0 Å². The van der Waals surface area contributed by atoms with Gasteiger partial charge in [-0.25, -0.2) is 0 Å². The van der Waals surface area contributed by atoms with E-state index >= 15 is 0 Å². The second-order valence-corrected chi connectivity index (χ2v) is 26.5.